The molecule has 45 heavy (non-hydrogen) atoms. The van der Waals surface area contributed by atoms with Gasteiger partial charge in [-0.25, -0.2) is 14.2 Å². The van der Waals surface area contributed by atoms with E-state index < -0.39 is 48.9 Å². The molecule has 5 atom stereocenters. The van der Waals surface area contributed by atoms with Crippen LogP contribution in [0, 0.1) is 0 Å². The van der Waals surface area contributed by atoms with Gasteiger partial charge in [-0.05, 0) is 26.3 Å². The maximum Gasteiger partial charge on any atom is 0.407 e. The second kappa shape index (κ2) is 18.5. The Morgan fingerprint density at radius 2 is 1.76 bits per heavy atom. The lowest BCUT2D eigenvalue weighted by Crippen LogP contribution is -2.57. The van der Waals surface area contributed by atoms with Gasteiger partial charge in [-0.15, -0.1) is 10.2 Å². The van der Waals surface area contributed by atoms with Crippen molar-refractivity contribution >= 4 is 6.09 Å². The minimum absolute atomic E-state index is 0.00746. The van der Waals surface area contributed by atoms with E-state index in [2.05, 4.69) is 36.0 Å². The number of alkyl carbamates (subject to hydrolysis) is 1. The number of carbonyl (C=O) groups is 1. The van der Waals surface area contributed by atoms with Gasteiger partial charge in [-0.2, -0.15) is 0 Å². The van der Waals surface area contributed by atoms with E-state index in [9.17, 15) is 20.1 Å². The summed E-state index contributed by atoms with van der Waals surface area (Å²) in [5, 5.41) is 53.1. The summed E-state index contributed by atoms with van der Waals surface area (Å²) >= 11 is 0. The van der Waals surface area contributed by atoms with Crippen molar-refractivity contribution in [1.82, 2.24) is 35.3 Å². The normalized spacial score (nSPS) is 21.8. The molecule has 1 aliphatic rings. The van der Waals surface area contributed by atoms with Gasteiger partial charge in [0.2, 0.25) is 0 Å². The average molecular weight is 643 g/mol. The third-order valence-corrected chi connectivity index (χ3v) is 6.11. The van der Waals surface area contributed by atoms with Gasteiger partial charge >= 0.3 is 6.09 Å². The van der Waals surface area contributed by atoms with Crippen molar-refractivity contribution in [2.75, 3.05) is 52.8 Å². The van der Waals surface area contributed by atoms with E-state index in [1.165, 1.54) is 10.9 Å². The molecule has 1 amide bonds. The first-order valence-electron chi connectivity index (χ1n) is 14.4. The van der Waals surface area contributed by atoms with Gasteiger partial charge in [0, 0.05) is 11.5 Å². The molecule has 1 saturated heterocycles. The first kappa shape index (κ1) is 36.0. The highest BCUT2D eigenvalue weighted by molar-refractivity contribution is 5.67. The van der Waals surface area contributed by atoms with Crippen LogP contribution in [0.2, 0.25) is 0 Å². The topological polar surface area (TPSA) is 255 Å². The Labute approximate surface area is 259 Å². The Kier molecular flexibility index (Phi) is 14.8. The standard InChI is InChI=1S/C25H42N10O10/c1-25(2,3)45-24(39)27-12-17-14-35(33-29-17)20-22(38)21(37)19(15-36)44-23(20)43-7-5-34-13-18(30-32-34)16-42-11-10-41-9-8-40-6-4-28-31-26/h13-14,19-23,36-38H,4-12,15-16H2,1-3H3,(H,27,39)/t19?,20?,21-,22-,23+/m1/s1. The molecule has 3 heterocycles. The fourth-order valence-corrected chi connectivity index (χ4v) is 4.05. The van der Waals surface area contributed by atoms with Gasteiger partial charge < -0.3 is 49.1 Å². The van der Waals surface area contributed by atoms with E-state index in [0.717, 1.165) is 0 Å². The van der Waals surface area contributed by atoms with Gasteiger partial charge in [0.15, 0.2) is 6.29 Å². The largest absolute Gasteiger partial charge is 0.444 e. The monoisotopic (exact) mass is 642 g/mol. The van der Waals surface area contributed by atoms with Crippen LogP contribution in [-0.2, 0) is 48.1 Å². The minimum atomic E-state index is -1.42. The van der Waals surface area contributed by atoms with Gasteiger partial charge in [0.05, 0.1) is 78.3 Å². The molecule has 3 rings (SSSR count). The van der Waals surface area contributed by atoms with E-state index in [-0.39, 0.29) is 32.8 Å². The molecule has 0 bridgehead atoms. The first-order valence-corrected chi connectivity index (χ1v) is 14.4. The molecule has 2 aromatic heterocycles. The molecular formula is C25H42N10O10. The van der Waals surface area contributed by atoms with Crippen LogP contribution >= 0.6 is 0 Å². The maximum atomic E-state index is 12.0. The number of hydrogen-bond donors (Lipinski definition) is 4. The van der Waals surface area contributed by atoms with E-state index in [4.69, 9.17) is 34.0 Å². The molecule has 20 heteroatoms. The Balaban J connectivity index is 1.44. The van der Waals surface area contributed by atoms with Gasteiger partial charge in [0.25, 0.3) is 0 Å². The number of nitrogens with zero attached hydrogens (tertiary/aromatic N) is 9. The number of aromatic nitrogens is 6. The molecule has 252 valence electrons. The smallest absolute Gasteiger partial charge is 0.407 e. The quantitative estimate of drug-likeness (QED) is 0.0649. The van der Waals surface area contributed by atoms with Gasteiger partial charge in [-0.3, -0.25) is 0 Å². The van der Waals surface area contributed by atoms with Crippen LogP contribution in [0.5, 0.6) is 0 Å². The molecule has 4 N–H and O–H groups in total. The molecule has 1 fully saturated rings. The lowest BCUT2D eigenvalue weighted by atomic mass is 9.97. The lowest BCUT2D eigenvalue weighted by molar-refractivity contribution is -0.282. The highest BCUT2D eigenvalue weighted by Gasteiger charge is 2.46. The zero-order valence-corrected chi connectivity index (χ0v) is 25.5. The third kappa shape index (κ3) is 12.5. The van der Waals surface area contributed by atoms with Gasteiger partial charge in [-0.1, -0.05) is 15.5 Å². The molecule has 1 aliphatic heterocycles. The molecule has 0 aromatic carbocycles. The van der Waals surface area contributed by atoms with Crippen molar-refractivity contribution in [3.05, 3.63) is 34.2 Å². The highest BCUT2D eigenvalue weighted by Crippen LogP contribution is 2.30. The van der Waals surface area contributed by atoms with Crippen LogP contribution in [0.3, 0.4) is 0 Å². The SMILES string of the molecule is CC(C)(C)OC(=O)NCc1cn(C2[C@@H](OCCn3cc(COCCOCCOCCN=[N+]=[N-])nn3)OC(CO)[C@@H](O)[C@@H]2O)nn1. The predicted octanol–water partition coefficient (Wildman–Crippen LogP) is -0.549. The van der Waals surface area contributed by atoms with Crippen LogP contribution in [0.15, 0.2) is 17.5 Å². The van der Waals surface area contributed by atoms with E-state index in [1.54, 1.807) is 31.6 Å². The lowest BCUT2D eigenvalue weighted by Gasteiger charge is -2.41. The summed E-state index contributed by atoms with van der Waals surface area (Å²) in [4.78, 5) is 14.6. The van der Waals surface area contributed by atoms with E-state index in [1.807, 2.05) is 0 Å². The molecule has 2 unspecified atom stereocenters. The second-order valence-electron chi connectivity index (χ2n) is 10.8. The zero-order chi connectivity index (χ0) is 32.7. The Hall–Kier alpha value is -3.46. The fourth-order valence-electron chi connectivity index (χ4n) is 4.05. The third-order valence-electron chi connectivity index (χ3n) is 6.11. The number of nitrogens with one attached hydrogen (secondary N) is 1. The van der Waals surface area contributed by atoms with Crippen LogP contribution < -0.4 is 5.32 Å². The van der Waals surface area contributed by atoms with Crippen LogP contribution in [0.1, 0.15) is 38.2 Å². The van der Waals surface area contributed by atoms with E-state index >= 15 is 0 Å². The highest BCUT2D eigenvalue weighted by atomic mass is 16.7. The Morgan fingerprint density at radius 1 is 1.04 bits per heavy atom. The fraction of sp³-hybridized carbons (Fsp3) is 0.800. The summed E-state index contributed by atoms with van der Waals surface area (Å²) in [6.45, 7) is 7.37. The number of carbonyl (C=O) groups excluding carboxylic acids is 1. The minimum Gasteiger partial charge on any atom is -0.444 e. The number of ether oxygens (including phenoxy) is 6. The zero-order valence-electron chi connectivity index (χ0n) is 25.5. The molecular weight excluding hydrogens is 600 g/mol. The number of rotatable bonds is 19. The van der Waals surface area contributed by atoms with Crippen LogP contribution in [-0.4, -0.2) is 134 Å². The van der Waals surface area contributed by atoms with E-state index in [0.29, 0.717) is 44.4 Å². The molecule has 20 nitrogen and oxygen atoms in total. The van der Waals surface area contributed by atoms with Crippen molar-refractivity contribution in [1.29, 1.82) is 0 Å². The summed E-state index contributed by atoms with van der Waals surface area (Å²) in [6, 6.07) is -1.02. The Morgan fingerprint density at radius 3 is 2.47 bits per heavy atom. The summed E-state index contributed by atoms with van der Waals surface area (Å²) in [7, 11) is 0. The number of hydrogen-bond acceptors (Lipinski definition) is 15. The predicted molar refractivity (Wildman–Crippen MR) is 151 cm³/mol. The van der Waals surface area contributed by atoms with Crippen molar-refractivity contribution in [3.8, 4) is 0 Å². The molecule has 0 aliphatic carbocycles. The van der Waals surface area contributed by atoms with Crippen LogP contribution in [0.25, 0.3) is 10.4 Å². The summed E-state index contributed by atoms with van der Waals surface area (Å²) in [5.74, 6) is 0. The van der Waals surface area contributed by atoms with Crippen molar-refractivity contribution in [3.63, 3.8) is 0 Å². The van der Waals surface area contributed by atoms with Crippen molar-refractivity contribution in [2.45, 2.75) is 76.7 Å². The number of aliphatic hydroxyl groups excluding tert-OH is 3. The van der Waals surface area contributed by atoms with Crippen molar-refractivity contribution < 1.29 is 48.5 Å². The molecule has 0 spiro atoms. The van der Waals surface area contributed by atoms with Crippen molar-refractivity contribution in [2.24, 2.45) is 5.11 Å². The number of aliphatic hydroxyl groups is 3. The summed E-state index contributed by atoms with van der Waals surface area (Å²) in [6.07, 6.45) is -2.49. The maximum absolute atomic E-state index is 12.0. The average Bonchev–Trinajstić information content (AvgIpc) is 3.65. The molecule has 0 radical (unpaired) electrons. The first-order chi connectivity index (χ1) is 21.6. The van der Waals surface area contributed by atoms with Gasteiger partial charge in [0.1, 0.15) is 41.3 Å². The Bertz CT molecular complexity index is 1200. The molecule has 0 saturated carbocycles. The second-order valence-corrected chi connectivity index (χ2v) is 10.8. The molecule has 2 aromatic rings. The van der Waals surface area contributed by atoms with Crippen LogP contribution in [0.4, 0.5) is 4.79 Å². The summed E-state index contributed by atoms with van der Waals surface area (Å²) in [5.41, 5.74) is 8.48. The summed E-state index contributed by atoms with van der Waals surface area (Å²) < 4.78 is 35.9. The number of amides is 1. The number of azide groups is 1.